The minimum absolute atomic E-state index is 0.0600. The van der Waals surface area contributed by atoms with Gasteiger partial charge in [0.2, 0.25) is 0 Å². The summed E-state index contributed by atoms with van der Waals surface area (Å²) in [5, 5.41) is 0. The summed E-state index contributed by atoms with van der Waals surface area (Å²) in [6, 6.07) is 0. The molecule has 3 nitrogen and oxygen atoms in total. The highest BCUT2D eigenvalue weighted by atomic mass is 16.5. The van der Waals surface area contributed by atoms with Crippen LogP contribution in [0.1, 0.15) is 71.1 Å². The van der Waals surface area contributed by atoms with Gasteiger partial charge in [-0.3, -0.25) is 9.59 Å². The molecule has 0 saturated carbocycles. The van der Waals surface area contributed by atoms with E-state index in [1.807, 2.05) is 0 Å². The average Bonchev–Trinajstić information content (AvgIpc) is 2.33. The lowest BCUT2D eigenvalue weighted by molar-refractivity contribution is -0.144. The lowest BCUT2D eigenvalue weighted by Gasteiger charge is -2.14. The van der Waals surface area contributed by atoms with Crippen LogP contribution in [-0.4, -0.2) is 18.4 Å². The van der Waals surface area contributed by atoms with E-state index in [4.69, 9.17) is 4.74 Å². The molecule has 1 fully saturated rings. The van der Waals surface area contributed by atoms with Crippen molar-refractivity contribution in [1.29, 1.82) is 0 Å². The molecule has 0 aromatic heterocycles. The van der Waals surface area contributed by atoms with Crippen LogP contribution in [0.5, 0.6) is 0 Å². The van der Waals surface area contributed by atoms with Crippen LogP contribution in [0.2, 0.25) is 0 Å². The number of carbonyl (C=O) groups is 2. The van der Waals surface area contributed by atoms with Crippen molar-refractivity contribution < 1.29 is 14.3 Å². The fourth-order valence-electron chi connectivity index (χ4n) is 2.49. The van der Waals surface area contributed by atoms with Crippen molar-refractivity contribution in [3.8, 4) is 0 Å². The van der Waals surface area contributed by atoms with Gasteiger partial charge in [-0.05, 0) is 32.6 Å². The number of carbonyl (C=O) groups excluding carboxylic acids is 2. The van der Waals surface area contributed by atoms with Crippen LogP contribution in [0.25, 0.3) is 0 Å². The number of hydrogen-bond acceptors (Lipinski definition) is 3. The molecule has 0 aliphatic carbocycles. The molecule has 1 heterocycles. The van der Waals surface area contributed by atoms with Crippen LogP contribution in [0, 0.1) is 5.92 Å². The zero-order chi connectivity index (χ0) is 13.2. The summed E-state index contributed by atoms with van der Waals surface area (Å²) in [7, 11) is 0. The Kier molecular flexibility index (Phi) is 7.70. The Bertz CT molecular complexity index is 258. The van der Waals surface area contributed by atoms with Crippen LogP contribution in [-0.2, 0) is 14.3 Å². The second-order valence-electron chi connectivity index (χ2n) is 5.33. The van der Waals surface area contributed by atoms with Crippen LogP contribution < -0.4 is 0 Å². The van der Waals surface area contributed by atoms with Gasteiger partial charge < -0.3 is 4.74 Å². The molecule has 1 saturated heterocycles. The van der Waals surface area contributed by atoms with Crippen molar-refractivity contribution in [1.82, 2.24) is 0 Å². The second-order valence-corrected chi connectivity index (χ2v) is 5.33. The van der Waals surface area contributed by atoms with Crippen LogP contribution in [0.3, 0.4) is 0 Å². The van der Waals surface area contributed by atoms with Gasteiger partial charge in [0, 0.05) is 12.3 Å². The Balaban J connectivity index is 2.35. The van der Waals surface area contributed by atoms with Gasteiger partial charge in [-0.15, -0.1) is 0 Å². The van der Waals surface area contributed by atoms with Crippen LogP contribution in [0.15, 0.2) is 0 Å². The van der Waals surface area contributed by atoms with Crippen molar-refractivity contribution >= 4 is 11.8 Å². The Morgan fingerprint density at radius 2 is 1.61 bits per heavy atom. The zero-order valence-electron chi connectivity index (χ0n) is 11.6. The molecule has 0 radical (unpaired) electrons. The monoisotopic (exact) mass is 254 g/mol. The Labute approximate surface area is 110 Å². The van der Waals surface area contributed by atoms with E-state index in [1.165, 1.54) is 0 Å². The summed E-state index contributed by atoms with van der Waals surface area (Å²) in [5.74, 6) is 0.525. The maximum absolute atomic E-state index is 11.5. The highest BCUT2D eigenvalue weighted by Crippen LogP contribution is 2.19. The first-order valence-corrected chi connectivity index (χ1v) is 7.36. The molecule has 3 heteroatoms. The molecule has 0 aromatic carbocycles. The van der Waals surface area contributed by atoms with E-state index in [2.05, 4.69) is 0 Å². The minimum atomic E-state index is -0.0600. The average molecular weight is 254 g/mol. The number of rotatable bonds is 1. The van der Waals surface area contributed by atoms with Gasteiger partial charge >= 0.3 is 5.97 Å². The fraction of sp³-hybridized carbons (Fsp3) is 0.867. The summed E-state index contributed by atoms with van der Waals surface area (Å²) in [4.78, 5) is 22.9. The van der Waals surface area contributed by atoms with Crippen molar-refractivity contribution in [2.45, 2.75) is 71.1 Å². The topological polar surface area (TPSA) is 43.4 Å². The minimum Gasteiger partial charge on any atom is -0.466 e. The number of esters is 1. The van der Waals surface area contributed by atoms with Gasteiger partial charge in [-0.1, -0.05) is 32.1 Å². The largest absolute Gasteiger partial charge is 0.466 e. The number of cyclic esters (lactones) is 1. The molecule has 1 aliphatic rings. The Morgan fingerprint density at radius 3 is 2.28 bits per heavy atom. The number of ether oxygens (including phenoxy) is 1. The molecule has 1 rings (SSSR count). The SMILES string of the molecule is CC(=O)C1CCCCCCOC(=O)CCCCC1. The van der Waals surface area contributed by atoms with Crippen molar-refractivity contribution in [2.24, 2.45) is 5.92 Å². The van der Waals surface area contributed by atoms with Gasteiger partial charge in [0.1, 0.15) is 5.78 Å². The third kappa shape index (κ3) is 6.77. The molecule has 0 spiro atoms. The van der Waals surface area contributed by atoms with Crippen molar-refractivity contribution in [3.05, 3.63) is 0 Å². The molecule has 0 bridgehead atoms. The standard InChI is InChI=1S/C15H26O3/c1-13(16)14-9-5-2-3-8-12-18-15(17)11-7-4-6-10-14/h14H,2-12H2,1H3. The maximum Gasteiger partial charge on any atom is 0.305 e. The van der Waals surface area contributed by atoms with E-state index in [0.717, 1.165) is 57.8 Å². The predicted molar refractivity (Wildman–Crippen MR) is 71.3 cm³/mol. The first kappa shape index (κ1) is 15.2. The summed E-state index contributed by atoms with van der Waals surface area (Å²) in [6.45, 7) is 2.28. The van der Waals surface area contributed by atoms with E-state index >= 15 is 0 Å². The van der Waals surface area contributed by atoms with Gasteiger partial charge in [0.15, 0.2) is 0 Å². The zero-order valence-corrected chi connectivity index (χ0v) is 11.6. The number of Topliss-reactive ketones (excluding diaryl/α,β-unsaturated/α-hetero) is 1. The molecule has 1 aliphatic heterocycles. The molecule has 1 atom stereocenters. The van der Waals surface area contributed by atoms with E-state index in [1.54, 1.807) is 6.92 Å². The van der Waals surface area contributed by atoms with Gasteiger partial charge in [0.05, 0.1) is 6.61 Å². The summed E-state index contributed by atoms with van der Waals surface area (Å²) >= 11 is 0. The summed E-state index contributed by atoms with van der Waals surface area (Å²) < 4.78 is 5.15. The number of hydrogen-bond donors (Lipinski definition) is 0. The third-order valence-corrected chi connectivity index (χ3v) is 3.72. The third-order valence-electron chi connectivity index (χ3n) is 3.72. The normalized spacial score (nSPS) is 24.9. The summed E-state index contributed by atoms with van der Waals surface area (Å²) in [6.07, 6.45) is 9.85. The molecule has 0 aromatic rings. The fourth-order valence-corrected chi connectivity index (χ4v) is 2.49. The molecular formula is C15H26O3. The highest BCUT2D eigenvalue weighted by molar-refractivity contribution is 5.78. The quantitative estimate of drug-likeness (QED) is 0.671. The number of ketones is 1. The van der Waals surface area contributed by atoms with Crippen LogP contribution >= 0.6 is 0 Å². The van der Waals surface area contributed by atoms with E-state index in [0.29, 0.717) is 18.8 Å². The Morgan fingerprint density at radius 1 is 1.00 bits per heavy atom. The van der Waals surface area contributed by atoms with E-state index in [9.17, 15) is 9.59 Å². The predicted octanol–water partition coefficient (Wildman–Crippen LogP) is 3.65. The Hall–Kier alpha value is -0.860. The van der Waals surface area contributed by atoms with E-state index in [-0.39, 0.29) is 11.9 Å². The van der Waals surface area contributed by atoms with Crippen LogP contribution in [0.4, 0.5) is 0 Å². The van der Waals surface area contributed by atoms with E-state index < -0.39 is 0 Å². The summed E-state index contributed by atoms with van der Waals surface area (Å²) in [5.41, 5.74) is 0. The first-order valence-electron chi connectivity index (χ1n) is 7.36. The molecule has 0 amide bonds. The van der Waals surface area contributed by atoms with Gasteiger partial charge in [-0.2, -0.15) is 0 Å². The maximum atomic E-state index is 11.5. The van der Waals surface area contributed by atoms with Gasteiger partial charge in [-0.25, -0.2) is 0 Å². The molecular weight excluding hydrogens is 228 g/mol. The molecule has 104 valence electrons. The van der Waals surface area contributed by atoms with Gasteiger partial charge in [0.25, 0.3) is 0 Å². The molecule has 18 heavy (non-hydrogen) atoms. The first-order chi connectivity index (χ1) is 8.70. The lowest BCUT2D eigenvalue weighted by Crippen LogP contribution is -2.11. The molecule has 0 N–H and O–H groups in total. The molecule has 1 unspecified atom stereocenters. The lowest BCUT2D eigenvalue weighted by atomic mass is 9.91. The van der Waals surface area contributed by atoms with Crippen molar-refractivity contribution in [2.75, 3.05) is 6.61 Å². The second kappa shape index (κ2) is 9.12. The smallest absolute Gasteiger partial charge is 0.305 e. The van der Waals surface area contributed by atoms with Crippen molar-refractivity contribution in [3.63, 3.8) is 0 Å². The highest BCUT2D eigenvalue weighted by Gasteiger charge is 2.14.